The average molecular weight is 982 g/mol. The SMILES string of the molecule is CC1(C)OCC(C)(C)[C@H](C(=O)CCCC(=O)CCCS)O1.CC1(C)OCC(C)(C)[C@H](C(=O)CCCC(=O)CCCSSCCCC(=O)CCCC(=O)[C@@H]2OC(C)(C)OCC2(C)C)O1.[B].[H-].[Na+]. The van der Waals surface area contributed by atoms with E-state index >= 15 is 0 Å². The smallest absolute Gasteiger partial charge is 1.00 e. The fourth-order valence-corrected chi connectivity index (χ4v) is 9.77. The third-order valence-electron chi connectivity index (χ3n) is 11.3. The van der Waals surface area contributed by atoms with Crippen LogP contribution in [0.3, 0.4) is 0 Å². The molecule has 0 amide bonds. The topological polar surface area (TPSA) is 158 Å². The van der Waals surface area contributed by atoms with Crippen LogP contribution in [-0.4, -0.2) is 116 Å². The van der Waals surface area contributed by atoms with E-state index in [0.717, 1.165) is 36.5 Å². The van der Waals surface area contributed by atoms with Crippen molar-refractivity contribution >= 4 is 77.3 Å². The van der Waals surface area contributed by atoms with Gasteiger partial charge in [-0.3, -0.25) is 28.8 Å². The Balaban J connectivity index is 0. The van der Waals surface area contributed by atoms with Gasteiger partial charge in [-0.25, -0.2) is 0 Å². The zero-order valence-electron chi connectivity index (χ0n) is 43.3. The fourth-order valence-electron chi connectivity index (χ4n) is 7.44. The molecule has 3 atom stereocenters. The number of hydrogen-bond donors (Lipinski definition) is 1. The van der Waals surface area contributed by atoms with Crippen molar-refractivity contribution in [3.05, 3.63) is 0 Å². The quantitative estimate of drug-likeness (QED) is 0.0396. The van der Waals surface area contributed by atoms with E-state index in [1.165, 1.54) is 0 Å². The summed E-state index contributed by atoms with van der Waals surface area (Å²) < 4.78 is 34.6. The maximum Gasteiger partial charge on any atom is 1.00 e. The summed E-state index contributed by atoms with van der Waals surface area (Å²) in [7, 11) is 3.47. The molecular weight excluding hydrogens is 899 g/mol. The van der Waals surface area contributed by atoms with Gasteiger partial charge in [-0.2, -0.15) is 12.6 Å². The number of hydrogen-bond acceptors (Lipinski definition) is 15. The first kappa shape index (κ1) is 64.9. The molecule has 0 aromatic carbocycles. The molecule has 17 heteroatoms. The molecule has 0 aliphatic carbocycles. The van der Waals surface area contributed by atoms with Gasteiger partial charge >= 0.3 is 29.6 Å². The number of carbonyl (C=O) groups is 6. The van der Waals surface area contributed by atoms with Gasteiger partial charge in [-0.15, -0.1) is 0 Å². The molecule has 3 aliphatic heterocycles. The normalized spacial score (nSPS) is 23.3. The second-order valence-electron chi connectivity index (χ2n) is 20.8. The second kappa shape index (κ2) is 29.9. The molecule has 0 spiro atoms. The molecule has 0 saturated carbocycles. The molecule has 3 fully saturated rings. The second-order valence-corrected chi connectivity index (χ2v) is 23.9. The molecule has 0 aromatic heterocycles. The van der Waals surface area contributed by atoms with Crippen LogP contribution in [0.15, 0.2) is 0 Å². The van der Waals surface area contributed by atoms with E-state index in [1.54, 1.807) is 21.6 Å². The van der Waals surface area contributed by atoms with Gasteiger partial charge in [0, 0.05) is 94.0 Å². The summed E-state index contributed by atoms with van der Waals surface area (Å²) in [6, 6.07) is 0. The number of thiol groups is 1. The van der Waals surface area contributed by atoms with E-state index in [-0.39, 0.29) is 90.3 Å². The molecule has 65 heavy (non-hydrogen) atoms. The summed E-state index contributed by atoms with van der Waals surface area (Å²) >= 11 is 4.09. The Bertz CT molecular complexity index is 1450. The van der Waals surface area contributed by atoms with E-state index in [4.69, 9.17) is 28.4 Å². The van der Waals surface area contributed by atoms with E-state index in [2.05, 4.69) is 12.6 Å². The Morgan fingerprint density at radius 3 is 0.954 bits per heavy atom. The van der Waals surface area contributed by atoms with Gasteiger partial charge in [-0.05, 0) is 85.8 Å². The van der Waals surface area contributed by atoms with E-state index in [9.17, 15) is 28.8 Å². The Morgan fingerprint density at radius 2 is 0.692 bits per heavy atom. The zero-order chi connectivity index (χ0) is 47.7. The molecule has 3 saturated heterocycles. The van der Waals surface area contributed by atoms with Gasteiger partial charge in [0.2, 0.25) is 0 Å². The minimum absolute atomic E-state index is 0. The summed E-state index contributed by atoms with van der Waals surface area (Å²) in [6.45, 7) is 24.2. The van der Waals surface area contributed by atoms with Crippen LogP contribution in [0.1, 0.15) is 181 Å². The molecule has 0 aromatic rings. The van der Waals surface area contributed by atoms with Crippen LogP contribution in [-0.2, 0) is 57.2 Å². The van der Waals surface area contributed by atoms with Gasteiger partial charge in [0.1, 0.15) is 35.7 Å². The predicted octanol–water partition coefficient (Wildman–Crippen LogP) is 6.82. The minimum Gasteiger partial charge on any atom is -1.00 e. The van der Waals surface area contributed by atoms with Crippen LogP contribution in [0.25, 0.3) is 0 Å². The largest absolute Gasteiger partial charge is 1.00 e. The van der Waals surface area contributed by atoms with E-state index < -0.39 is 35.7 Å². The van der Waals surface area contributed by atoms with Crippen molar-refractivity contribution in [2.24, 2.45) is 16.2 Å². The van der Waals surface area contributed by atoms with Gasteiger partial charge < -0.3 is 29.8 Å². The Labute approximate surface area is 431 Å². The Hall–Kier alpha value is -0.105. The van der Waals surface area contributed by atoms with Gasteiger partial charge in [0.25, 0.3) is 0 Å². The van der Waals surface area contributed by atoms with E-state index in [0.29, 0.717) is 96.9 Å². The molecule has 0 unspecified atom stereocenters. The third kappa shape index (κ3) is 25.0. The van der Waals surface area contributed by atoms with Gasteiger partial charge in [0.05, 0.1) is 19.8 Å². The monoisotopic (exact) mass is 982 g/mol. The first-order chi connectivity index (χ1) is 29.1. The zero-order valence-corrected chi connectivity index (χ0v) is 46.8. The summed E-state index contributed by atoms with van der Waals surface area (Å²) in [5.41, 5.74) is -1.09. The van der Waals surface area contributed by atoms with Crippen molar-refractivity contribution in [3.63, 3.8) is 0 Å². The van der Waals surface area contributed by atoms with Crippen LogP contribution in [0.5, 0.6) is 0 Å². The standard InChI is InChI=1S/C32H54O8S2.C16H28O4S.B.Na.H/c1-29(2)21-37-31(5,6)39-27(29)25(35)17-9-13-23(33)15-11-19-41-42-20-12-16-24(34)14-10-18-26(36)28-30(3,4)22-38-32(7,8)40-28;1-15(2)11-19-16(3,4)20-14(15)13(18)9-5-7-12(17)8-6-10-21;;;/h27-28H,9-22H2,1-8H3;14,21H,5-11H2,1-4H3;;;/q;;;+1;-1/t27-,28-;14-;;;/m00.../s1. The van der Waals surface area contributed by atoms with Crippen molar-refractivity contribution in [1.82, 2.24) is 0 Å². The van der Waals surface area contributed by atoms with Crippen LogP contribution < -0.4 is 29.6 Å². The van der Waals surface area contributed by atoms with Gasteiger partial charge in [-0.1, -0.05) is 63.1 Å². The molecule has 3 radical (unpaired) electrons. The average Bonchev–Trinajstić information content (AvgIpc) is 3.18. The number of ether oxygens (including phenoxy) is 6. The van der Waals surface area contributed by atoms with Crippen LogP contribution >= 0.6 is 34.2 Å². The van der Waals surface area contributed by atoms with Crippen molar-refractivity contribution in [2.45, 2.75) is 215 Å². The summed E-state index contributed by atoms with van der Waals surface area (Å²) in [5, 5.41) is 0. The van der Waals surface area contributed by atoms with Crippen LogP contribution in [0.4, 0.5) is 0 Å². The summed E-state index contributed by atoms with van der Waals surface area (Å²) in [4.78, 5) is 74.0. The number of ketones is 6. The van der Waals surface area contributed by atoms with Crippen LogP contribution in [0.2, 0.25) is 0 Å². The molecule has 3 heterocycles. The van der Waals surface area contributed by atoms with Crippen LogP contribution in [0, 0.1) is 16.2 Å². The molecule has 0 N–H and O–H groups in total. The first-order valence-electron chi connectivity index (χ1n) is 23.1. The maximum atomic E-state index is 12.7. The fraction of sp³-hybridized carbons (Fsp3) is 0.875. The van der Waals surface area contributed by atoms with Crippen molar-refractivity contribution in [3.8, 4) is 0 Å². The Morgan fingerprint density at radius 1 is 0.446 bits per heavy atom. The van der Waals surface area contributed by atoms with Crippen molar-refractivity contribution < 1.29 is 88.2 Å². The molecule has 3 rings (SSSR count). The summed E-state index contributed by atoms with van der Waals surface area (Å²) in [6.07, 6.45) is 6.64. The number of carbonyl (C=O) groups excluding carboxylic acids is 6. The number of rotatable bonds is 27. The van der Waals surface area contributed by atoms with Crippen molar-refractivity contribution in [1.29, 1.82) is 0 Å². The molecular formula is C48H83BNaO12S3. The van der Waals surface area contributed by atoms with Crippen molar-refractivity contribution in [2.75, 3.05) is 37.1 Å². The molecule has 3 aliphatic rings. The number of Topliss-reactive ketones (excluding diaryl/α,β-unsaturated/α-hetero) is 6. The predicted molar refractivity (Wildman–Crippen MR) is 261 cm³/mol. The molecule has 369 valence electrons. The minimum atomic E-state index is -0.769. The van der Waals surface area contributed by atoms with Gasteiger partial charge in [0.15, 0.2) is 34.7 Å². The summed E-state index contributed by atoms with van der Waals surface area (Å²) in [5.74, 6) is 0.982. The van der Waals surface area contributed by atoms with E-state index in [1.807, 2.05) is 83.1 Å². The third-order valence-corrected chi connectivity index (χ3v) is 14.2. The first-order valence-corrected chi connectivity index (χ1v) is 26.2. The molecule has 12 nitrogen and oxygen atoms in total. The Kier molecular flexibility index (Phi) is 29.9. The maximum absolute atomic E-state index is 12.7. The molecule has 0 bridgehead atoms.